The summed E-state index contributed by atoms with van der Waals surface area (Å²) in [5.74, 6) is -0.333. The Balaban J connectivity index is 2.67. The fourth-order valence-electron chi connectivity index (χ4n) is 1.57. The average molecular weight is 273 g/mol. The van der Waals surface area contributed by atoms with E-state index < -0.39 is 5.97 Å². The normalized spacial score (nSPS) is 12.2. The predicted octanol–water partition coefficient (Wildman–Crippen LogP) is 2.25. The van der Waals surface area contributed by atoms with Crippen molar-refractivity contribution in [3.05, 3.63) is 22.8 Å². The maximum absolute atomic E-state index is 10.9. The number of pyridine rings is 1. The number of nitrogens with one attached hydrogen (secondary N) is 1. The number of aromatic carboxylic acids is 1. The van der Waals surface area contributed by atoms with Gasteiger partial charge < -0.3 is 15.5 Å². The lowest BCUT2D eigenvalue weighted by Gasteiger charge is -2.15. The number of hydrogen-bond donors (Lipinski definition) is 3. The Morgan fingerprint density at radius 1 is 1.56 bits per heavy atom. The summed E-state index contributed by atoms with van der Waals surface area (Å²) >= 11 is 5.73. The second-order valence-corrected chi connectivity index (χ2v) is 4.41. The third-order valence-electron chi connectivity index (χ3n) is 2.74. The van der Waals surface area contributed by atoms with Crippen molar-refractivity contribution in [3.8, 4) is 0 Å². The van der Waals surface area contributed by atoms with Crippen LogP contribution in [0.3, 0.4) is 0 Å². The van der Waals surface area contributed by atoms with Gasteiger partial charge >= 0.3 is 5.97 Å². The minimum Gasteiger partial charge on any atom is -0.476 e. The first kappa shape index (κ1) is 14.7. The molecule has 1 atom stereocenters. The van der Waals surface area contributed by atoms with E-state index in [2.05, 4.69) is 10.3 Å². The molecule has 0 amide bonds. The summed E-state index contributed by atoms with van der Waals surface area (Å²) in [5.41, 5.74) is -0.156. The van der Waals surface area contributed by atoms with Gasteiger partial charge in [-0.05, 0) is 24.5 Å². The number of hydrogen-bond acceptors (Lipinski definition) is 4. The maximum atomic E-state index is 10.9. The minimum atomic E-state index is -1.15. The topological polar surface area (TPSA) is 82.5 Å². The first-order valence-corrected chi connectivity index (χ1v) is 6.20. The highest BCUT2D eigenvalue weighted by Crippen LogP contribution is 2.17. The molecule has 6 heteroatoms. The van der Waals surface area contributed by atoms with E-state index in [0.29, 0.717) is 24.7 Å². The van der Waals surface area contributed by atoms with Crippen molar-refractivity contribution < 1.29 is 15.0 Å². The number of halogens is 1. The number of carboxylic acids is 1. The Kier molecular flexibility index (Phi) is 5.88. The van der Waals surface area contributed by atoms with E-state index in [1.54, 1.807) is 6.07 Å². The lowest BCUT2D eigenvalue weighted by molar-refractivity contribution is 0.0691. The van der Waals surface area contributed by atoms with Gasteiger partial charge in [-0.2, -0.15) is 0 Å². The van der Waals surface area contributed by atoms with Crippen LogP contribution in [0.4, 0.5) is 5.82 Å². The van der Waals surface area contributed by atoms with Crippen LogP contribution in [0.25, 0.3) is 0 Å². The van der Waals surface area contributed by atoms with Gasteiger partial charge in [0.05, 0.1) is 5.02 Å². The molecule has 0 aliphatic heterocycles. The highest BCUT2D eigenvalue weighted by Gasteiger charge is 2.12. The number of carboxylic acid groups (broad SMARTS) is 1. The Morgan fingerprint density at radius 3 is 2.83 bits per heavy atom. The zero-order valence-corrected chi connectivity index (χ0v) is 10.9. The van der Waals surface area contributed by atoms with Crippen LogP contribution < -0.4 is 5.32 Å². The molecule has 3 N–H and O–H groups in total. The van der Waals surface area contributed by atoms with Crippen molar-refractivity contribution in [1.82, 2.24) is 4.98 Å². The zero-order chi connectivity index (χ0) is 13.5. The van der Waals surface area contributed by atoms with Crippen LogP contribution in [0.5, 0.6) is 0 Å². The number of carbonyl (C=O) groups is 1. The number of aliphatic hydroxyl groups is 1. The van der Waals surface area contributed by atoms with Crippen molar-refractivity contribution in [2.45, 2.75) is 19.8 Å². The summed E-state index contributed by atoms with van der Waals surface area (Å²) < 4.78 is 0. The largest absolute Gasteiger partial charge is 0.476 e. The van der Waals surface area contributed by atoms with E-state index >= 15 is 0 Å². The molecule has 1 heterocycles. The molecular formula is C12H17ClN2O3. The minimum absolute atomic E-state index is 0.121. The predicted molar refractivity (Wildman–Crippen MR) is 70.2 cm³/mol. The molecule has 0 aliphatic carbocycles. The fourth-order valence-corrected chi connectivity index (χ4v) is 1.76. The van der Waals surface area contributed by atoms with E-state index in [9.17, 15) is 4.79 Å². The molecule has 0 aliphatic rings. The Bertz CT molecular complexity index is 412. The van der Waals surface area contributed by atoms with Gasteiger partial charge in [-0.15, -0.1) is 0 Å². The standard InChI is InChI=1S/C12H17ClN2O3/c1-2-8(5-6-16)7-14-10-4-3-9(13)11(15-10)12(17)18/h3-4,8,16H,2,5-7H2,1H3,(H,14,15)(H,17,18). The van der Waals surface area contributed by atoms with E-state index in [-0.39, 0.29) is 17.3 Å². The molecule has 5 nitrogen and oxygen atoms in total. The maximum Gasteiger partial charge on any atom is 0.356 e. The van der Waals surface area contributed by atoms with E-state index in [1.807, 2.05) is 6.92 Å². The monoisotopic (exact) mass is 272 g/mol. The lowest BCUT2D eigenvalue weighted by atomic mass is 10.0. The Morgan fingerprint density at radius 2 is 2.28 bits per heavy atom. The number of rotatable bonds is 7. The van der Waals surface area contributed by atoms with Crippen molar-refractivity contribution in [2.24, 2.45) is 5.92 Å². The quantitative estimate of drug-likeness (QED) is 0.709. The molecule has 1 aromatic heterocycles. The van der Waals surface area contributed by atoms with Crippen molar-refractivity contribution >= 4 is 23.4 Å². The summed E-state index contributed by atoms with van der Waals surface area (Å²) in [7, 11) is 0. The van der Waals surface area contributed by atoms with Crippen LogP contribution in [-0.4, -0.2) is 34.3 Å². The molecule has 0 radical (unpaired) electrons. The van der Waals surface area contributed by atoms with E-state index in [0.717, 1.165) is 6.42 Å². The highest BCUT2D eigenvalue weighted by atomic mass is 35.5. The summed E-state index contributed by atoms with van der Waals surface area (Å²) in [4.78, 5) is 14.8. The first-order chi connectivity index (χ1) is 8.58. The van der Waals surface area contributed by atoms with Crippen LogP contribution in [-0.2, 0) is 0 Å². The Labute approximate surface area is 111 Å². The first-order valence-electron chi connectivity index (χ1n) is 5.83. The van der Waals surface area contributed by atoms with Gasteiger partial charge in [0.25, 0.3) is 0 Å². The van der Waals surface area contributed by atoms with Crippen LogP contribution in [0.1, 0.15) is 30.3 Å². The molecule has 18 heavy (non-hydrogen) atoms. The molecular weight excluding hydrogens is 256 g/mol. The van der Waals surface area contributed by atoms with Gasteiger partial charge in [-0.3, -0.25) is 0 Å². The van der Waals surface area contributed by atoms with Crippen molar-refractivity contribution in [1.29, 1.82) is 0 Å². The van der Waals surface area contributed by atoms with Gasteiger partial charge in [-0.25, -0.2) is 9.78 Å². The van der Waals surface area contributed by atoms with E-state index in [4.69, 9.17) is 21.8 Å². The summed E-state index contributed by atoms with van der Waals surface area (Å²) in [6.45, 7) is 2.83. The summed E-state index contributed by atoms with van der Waals surface area (Å²) in [6, 6.07) is 3.15. The lowest BCUT2D eigenvalue weighted by Crippen LogP contribution is -2.16. The molecule has 1 unspecified atom stereocenters. The summed E-state index contributed by atoms with van der Waals surface area (Å²) in [5, 5.41) is 20.9. The average Bonchev–Trinajstić information content (AvgIpc) is 2.35. The van der Waals surface area contributed by atoms with Crippen LogP contribution in [0.15, 0.2) is 12.1 Å². The van der Waals surface area contributed by atoms with Crippen LogP contribution in [0.2, 0.25) is 5.02 Å². The molecule has 0 aromatic carbocycles. The second kappa shape index (κ2) is 7.18. The number of nitrogens with zero attached hydrogens (tertiary/aromatic N) is 1. The van der Waals surface area contributed by atoms with Crippen molar-refractivity contribution in [2.75, 3.05) is 18.5 Å². The molecule has 1 rings (SSSR count). The molecule has 0 bridgehead atoms. The number of aliphatic hydroxyl groups excluding tert-OH is 1. The van der Waals surface area contributed by atoms with Gasteiger partial charge in [0, 0.05) is 13.2 Å². The third kappa shape index (κ3) is 4.16. The highest BCUT2D eigenvalue weighted by molar-refractivity contribution is 6.33. The fraction of sp³-hybridized carbons (Fsp3) is 0.500. The van der Waals surface area contributed by atoms with Crippen molar-refractivity contribution in [3.63, 3.8) is 0 Å². The van der Waals surface area contributed by atoms with Gasteiger partial charge in [-0.1, -0.05) is 24.9 Å². The number of aromatic nitrogens is 1. The SMILES string of the molecule is CCC(CCO)CNc1ccc(Cl)c(C(=O)O)n1. The zero-order valence-electron chi connectivity index (χ0n) is 10.2. The molecule has 100 valence electrons. The third-order valence-corrected chi connectivity index (χ3v) is 3.04. The van der Waals surface area contributed by atoms with E-state index in [1.165, 1.54) is 6.07 Å². The summed E-state index contributed by atoms with van der Waals surface area (Å²) in [6.07, 6.45) is 1.65. The Hall–Kier alpha value is -1.33. The molecule has 0 spiro atoms. The van der Waals surface area contributed by atoms with Gasteiger partial charge in [0.15, 0.2) is 5.69 Å². The van der Waals surface area contributed by atoms with Gasteiger partial charge in [0.2, 0.25) is 0 Å². The van der Waals surface area contributed by atoms with Crippen LogP contribution >= 0.6 is 11.6 Å². The molecule has 1 aromatic rings. The van der Waals surface area contributed by atoms with Crippen LogP contribution in [0, 0.1) is 5.92 Å². The number of anilines is 1. The molecule has 0 saturated carbocycles. The second-order valence-electron chi connectivity index (χ2n) is 4.00. The molecule has 0 fully saturated rings. The van der Waals surface area contributed by atoms with Gasteiger partial charge in [0.1, 0.15) is 5.82 Å². The molecule has 0 saturated heterocycles. The smallest absolute Gasteiger partial charge is 0.356 e.